The topological polar surface area (TPSA) is 79.7 Å². The van der Waals surface area contributed by atoms with Crippen LogP contribution in [0.2, 0.25) is 5.02 Å². The summed E-state index contributed by atoms with van der Waals surface area (Å²) in [4.78, 5) is 33.0. The van der Waals surface area contributed by atoms with Gasteiger partial charge in [-0.25, -0.2) is 4.98 Å². The average Bonchev–Trinajstić information content (AvgIpc) is 3.41. The number of aliphatic hydroxyl groups is 1. The van der Waals surface area contributed by atoms with Crippen LogP contribution < -0.4 is 9.64 Å². The normalized spacial score (nSPS) is 17.5. The fraction of sp³-hybridized carbons (Fsp3) is 0.207. The van der Waals surface area contributed by atoms with Crippen LogP contribution in [0.1, 0.15) is 43.5 Å². The third-order valence-electron chi connectivity index (χ3n) is 6.44. The number of aliphatic hydroxyl groups excluding tert-OH is 1. The third kappa shape index (κ3) is 4.38. The predicted molar refractivity (Wildman–Crippen MR) is 148 cm³/mol. The first-order valence-electron chi connectivity index (χ1n) is 11.7. The molecule has 6 nitrogen and oxygen atoms in total. The number of rotatable bonds is 4. The maximum absolute atomic E-state index is 13.5. The predicted octanol–water partition coefficient (Wildman–Crippen LogP) is 6.88. The van der Waals surface area contributed by atoms with Gasteiger partial charge in [-0.2, -0.15) is 0 Å². The molecule has 0 bridgehead atoms. The van der Waals surface area contributed by atoms with E-state index in [4.69, 9.17) is 16.3 Å². The fourth-order valence-corrected chi connectivity index (χ4v) is 5.65. The summed E-state index contributed by atoms with van der Waals surface area (Å²) in [7, 11) is 1.46. The second-order valence-electron chi connectivity index (χ2n) is 9.85. The first-order valence-corrected chi connectivity index (χ1v) is 12.9. The Morgan fingerprint density at radius 1 is 1.05 bits per heavy atom. The van der Waals surface area contributed by atoms with Gasteiger partial charge >= 0.3 is 5.91 Å². The number of fused-ring (bicyclic) bond motifs is 1. The van der Waals surface area contributed by atoms with Crippen LogP contribution in [0.4, 0.5) is 5.13 Å². The third-order valence-corrected chi connectivity index (χ3v) is 7.71. The number of thiazole rings is 1. The Labute approximate surface area is 223 Å². The number of ketones is 1. The zero-order valence-electron chi connectivity index (χ0n) is 20.8. The van der Waals surface area contributed by atoms with E-state index >= 15 is 0 Å². The molecule has 0 spiro atoms. The quantitative estimate of drug-likeness (QED) is 0.176. The van der Waals surface area contributed by atoms with Gasteiger partial charge in [-0.3, -0.25) is 14.5 Å². The first-order chi connectivity index (χ1) is 17.6. The highest BCUT2D eigenvalue weighted by Gasteiger charge is 2.48. The van der Waals surface area contributed by atoms with Crippen molar-refractivity contribution >= 4 is 55.7 Å². The van der Waals surface area contributed by atoms with Gasteiger partial charge in [0.05, 0.1) is 34.5 Å². The van der Waals surface area contributed by atoms with E-state index in [0.717, 1.165) is 15.8 Å². The van der Waals surface area contributed by atoms with Crippen LogP contribution in [0.25, 0.3) is 16.0 Å². The summed E-state index contributed by atoms with van der Waals surface area (Å²) in [6.45, 7) is 6.34. The highest BCUT2D eigenvalue weighted by Crippen LogP contribution is 2.45. The highest BCUT2D eigenvalue weighted by atomic mass is 35.5. The Morgan fingerprint density at radius 2 is 1.76 bits per heavy atom. The van der Waals surface area contributed by atoms with Crippen LogP contribution in [-0.2, 0) is 15.0 Å². The second-order valence-corrected chi connectivity index (χ2v) is 11.3. The summed E-state index contributed by atoms with van der Waals surface area (Å²) in [5.41, 5.74) is 2.60. The molecule has 1 fully saturated rings. The van der Waals surface area contributed by atoms with Crippen LogP contribution >= 0.6 is 22.9 Å². The van der Waals surface area contributed by atoms with Crippen LogP contribution in [0, 0.1) is 0 Å². The maximum atomic E-state index is 13.5. The molecule has 1 aromatic heterocycles. The standard InChI is InChI=1S/C29H25ClN2O4S/c1-29(2,3)17-11-9-16(10-12-17)24-23(25(33)19-15-18(30)13-14-21(19)36-4)26(34)27(35)32(24)28-31-20-7-5-6-8-22(20)37-28/h5-15,24,33H,1-4H3/b25-23+. The number of Topliss-reactive ketones (excluding diaryl/α,β-unsaturated/α-hetero) is 1. The van der Waals surface area contributed by atoms with Gasteiger partial charge in [-0.1, -0.05) is 80.1 Å². The average molecular weight is 533 g/mol. The van der Waals surface area contributed by atoms with E-state index in [0.29, 0.717) is 21.5 Å². The molecule has 1 unspecified atom stereocenters. The molecule has 0 aliphatic carbocycles. The fourth-order valence-electron chi connectivity index (χ4n) is 4.48. The maximum Gasteiger partial charge on any atom is 0.301 e. The first kappa shape index (κ1) is 25.0. The number of aromatic nitrogens is 1. The number of hydrogen-bond donors (Lipinski definition) is 1. The summed E-state index contributed by atoms with van der Waals surface area (Å²) in [6, 6.07) is 19.1. The molecular formula is C29H25ClN2O4S. The van der Waals surface area contributed by atoms with Gasteiger partial charge in [0.2, 0.25) is 0 Å². The Balaban J connectivity index is 1.75. The molecule has 0 radical (unpaired) electrons. The largest absolute Gasteiger partial charge is 0.507 e. The van der Waals surface area contributed by atoms with Gasteiger partial charge in [-0.05, 0) is 46.9 Å². The lowest BCUT2D eigenvalue weighted by molar-refractivity contribution is -0.132. The molecule has 1 aliphatic rings. The van der Waals surface area contributed by atoms with E-state index in [1.807, 2.05) is 48.5 Å². The zero-order chi connectivity index (χ0) is 26.5. The van der Waals surface area contributed by atoms with E-state index in [1.54, 1.807) is 12.1 Å². The number of para-hydroxylation sites is 1. The number of methoxy groups -OCH3 is 1. The van der Waals surface area contributed by atoms with Crippen LogP contribution in [0.3, 0.4) is 0 Å². The lowest BCUT2D eigenvalue weighted by atomic mass is 9.85. The molecule has 188 valence electrons. The van der Waals surface area contributed by atoms with Gasteiger partial charge in [0.1, 0.15) is 11.5 Å². The van der Waals surface area contributed by atoms with E-state index in [-0.39, 0.29) is 22.3 Å². The molecule has 1 atom stereocenters. The molecule has 5 rings (SSSR count). The minimum Gasteiger partial charge on any atom is -0.507 e. The van der Waals surface area contributed by atoms with Crippen molar-refractivity contribution in [2.24, 2.45) is 0 Å². The highest BCUT2D eigenvalue weighted by molar-refractivity contribution is 7.22. The van der Waals surface area contributed by atoms with Gasteiger partial charge in [-0.15, -0.1) is 0 Å². The minimum absolute atomic E-state index is 0.0478. The SMILES string of the molecule is COc1ccc(Cl)cc1/C(O)=C1\C(=O)C(=O)N(c2nc3ccccc3s2)C1c1ccc(C(C)(C)C)cc1. The van der Waals surface area contributed by atoms with E-state index < -0.39 is 17.7 Å². The van der Waals surface area contributed by atoms with Gasteiger partial charge in [0.15, 0.2) is 5.13 Å². The number of hydrogen-bond acceptors (Lipinski definition) is 6. The van der Waals surface area contributed by atoms with Gasteiger partial charge in [0.25, 0.3) is 5.78 Å². The molecule has 8 heteroatoms. The summed E-state index contributed by atoms with van der Waals surface area (Å²) in [5.74, 6) is -1.59. The number of carbonyl (C=O) groups is 2. The number of amides is 1. The second kappa shape index (κ2) is 9.32. The molecule has 1 aliphatic heterocycles. The summed E-state index contributed by atoms with van der Waals surface area (Å²) in [5, 5.41) is 12.2. The molecule has 37 heavy (non-hydrogen) atoms. The van der Waals surface area contributed by atoms with Crippen molar-refractivity contribution in [1.82, 2.24) is 4.98 Å². The molecule has 1 N–H and O–H groups in total. The van der Waals surface area contributed by atoms with Crippen molar-refractivity contribution in [3.05, 3.63) is 94.0 Å². The van der Waals surface area contributed by atoms with E-state index in [9.17, 15) is 14.7 Å². The van der Waals surface area contributed by atoms with E-state index in [2.05, 4.69) is 25.8 Å². The summed E-state index contributed by atoms with van der Waals surface area (Å²) < 4.78 is 6.30. The van der Waals surface area contributed by atoms with Crippen molar-refractivity contribution in [2.75, 3.05) is 12.0 Å². The molecule has 4 aromatic rings. The number of benzene rings is 3. The van der Waals surface area contributed by atoms with Gasteiger partial charge in [0, 0.05) is 5.02 Å². The van der Waals surface area contributed by atoms with Crippen LogP contribution in [-0.4, -0.2) is 28.9 Å². The Bertz CT molecular complexity index is 1530. The molecule has 1 amide bonds. The van der Waals surface area contributed by atoms with Crippen molar-refractivity contribution in [1.29, 1.82) is 0 Å². The monoisotopic (exact) mass is 532 g/mol. The van der Waals surface area contributed by atoms with Gasteiger partial charge < -0.3 is 9.84 Å². The minimum atomic E-state index is -0.890. The smallest absolute Gasteiger partial charge is 0.301 e. The van der Waals surface area contributed by atoms with Crippen molar-refractivity contribution in [3.8, 4) is 5.75 Å². The number of anilines is 1. The Kier molecular flexibility index (Phi) is 6.30. The number of carbonyl (C=O) groups excluding carboxylic acids is 2. The molecule has 1 saturated heterocycles. The number of ether oxygens (including phenoxy) is 1. The van der Waals surface area contributed by atoms with Crippen molar-refractivity contribution in [2.45, 2.75) is 32.2 Å². The Hall–Kier alpha value is -3.68. The zero-order valence-corrected chi connectivity index (χ0v) is 22.4. The lowest BCUT2D eigenvalue weighted by Gasteiger charge is -2.25. The number of nitrogens with zero attached hydrogens (tertiary/aromatic N) is 2. The molecule has 3 aromatic carbocycles. The molecule has 0 saturated carbocycles. The van der Waals surface area contributed by atoms with Crippen LogP contribution in [0.5, 0.6) is 5.75 Å². The molecular weight excluding hydrogens is 508 g/mol. The van der Waals surface area contributed by atoms with Crippen molar-refractivity contribution < 1.29 is 19.4 Å². The molecule has 2 heterocycles. The lowest BCUT2D eigenvalue weighted by Crippen LogP contribution is -2.29. The van der Waals surface area contributed by atoms with E-state index in [1.165, 1.54) is 29.4 Å². The number of halogens is 1. The Morgan fingerprint density at radius 3 is 2.41 bits per heavy atom. The van der Waals surface area contributed by atoms with Crippen LogP contribution in [0.15, 0.2) is 72.3 Å². The van der Waals surface area contributed by atoms with Crippen molar-refractivity contribution in [3.63, 3.8) is 0 Å². The summed E-state index contributed by atoms with van der Waals surface area (Å²) in [6.07, 6.45) is 0. The summed E-state index contributed by atoms with van der Waals surface area (Å²) >= 11 is 7.53.